The van der Waals surface area contributed by atoms with Gasteiger partial charge in [-0.1, -0.05) is 13.8 Å². The van der Waals surface area contributed by atoms with E-state index < -0.39 is 36.9 Å². The number of carbonyl (C=O) groups is 6. The van der Waals surface area contributed by atoms with E-state index in [2.05, 4.69) is 28.4 Å². The van der Waals surface area contributed by atoms with E-state index in [1.165, 1.54) is 14.0 Å². The van der Waals surface area contributed by atoms with E-state index in [-0.39, 0.29) is 25.8 Å². The number of esters is 1. The van der Waals surface area contributed by atoms with Crippen molar-refractivity contribution in [1.82, 2.24) is 0 Å². The number of hydrogen-bond acceptors (Lipinski definition) is 13. The van der Waals surface area contributed by atoms with Crippen LogP contribution in [0.4, 0.5) is 24.0 Å². The van der Waals surface area contributed by atoms with Crippen LogP contribution in [0, 0.1) is 0 Å². The minimum atomic E-state index is -1.45. The highest BCUT2D eigenvalue weighted by atomic mass is 16.7. The molecule has 0 spiro atoms. The van der Waals surface area contributed by atoms with Crippen LogP contribution >= 0.6 is 0 Å². The Kier molecular flexibility index (Phi) is 31.3. The van der Waals surface area contributed by atoms with Gasteiger partial charge in [-0.25, -0.2) is 24.0 Å². The molecule has 1 unspecified atom stereocenters. The minimum Gasteiger partial charge on any atom is -0.466 e. The average Bonchev–Trinajstić information content (AvgIpc) is 2.79. The third kappa shape index (κ3) is 47.6. The first-order valence-electron chi connectivity index (χ1n) is 10.1. The molecule has 17 heteroatoms. The van der Waals surface area contributed by atoms with Crippen molar-refractivity contribution >= 4 is 36.7 Å². The van der Waals surface area contributed by atoms with Crippen molar-refractivity contribution in [2.45, 2.75) is 46.6 Å². The lowest BCUT2D eigenvalue weighted by atomic mass is 10.4. The molecule has 1 atom stereocenters. The molecule has 17 nitrogen and oxygen atoms in total. The fourth-order valence-electron chi connectivity index (χ4n) is 1.15. The zero-order valence-electron chi connectivity index (χ0n) is 20.6. The first-order valence-corrected chi connectivity index (χ1v) is 10.1. The Morgan fingerprint density at radius 2 is 1.14 bits per heavy atom. The fourth-order valence-corrected chi connectivity index (χ4v) is 1.15. The van der Waals surface area contributed by atoms with Crippen LogP contribution in [0.15, 0.2) is 0 Å². The van der Waals surface area contributed by atoms with Crippen LogP contribution in [0.25, 0.3) is 0 Å². The summed E-state index contributed by atoms with van der Waals surface area (Å²) in [6, 6.07) is 0. The molecule has 0 aromatic rings. The van der Waals surface area contributed by atoms with Crippen molar-refractivity contribution in [3.63, 3.8) is 0 Å². The zero-order chi connectivity index (χ0) is 28.9. The van der Waals surface area contributed by atoms with Crippen molar-refractivity contribution in [3.05, 3.63) is 0 Å². The smallest absolute Gasteiger partial charge is 0.466 e. The van der Waals surface area contributed by atoms with Gasteiger partial charge in [-0.3, -0.25) is 4.79 Å². The van der Waals surface area contributed by atoms with Gasteiger partial charge in [0.1, 0.15) is 25.9 Å². The molecule has 0 aromatic heterocycles. The quantitative estimate of drug-likeness (QED) is 0.178. The lowest BCUT2D eigenvalue weighted by Gasteiger charge is -2.08. The monoisotopic (exact) mass is 534 g/mol. The molecule has 0 bridgehead atoms. The number of methoxy groups -OCH3 is 1. The van der Waals surface area contributed by atoms with Gasteiger partial charge in [0, 0.05) is 6.42 Å². The maximum Gasteiger partial charge on any atom is 0.507 e. The second-order valence-electron chi connectivity index (χ2n) is 5.46. The molecule has 0 rings (SSSR count). The third-order valence-corrected chi connectivity index (χ3v) is 2.46. The molecule has 36 heavy (non-hydrogen) atoms. The summed E-state index contributed by atoms with van der Waals surface area (Å²) >= 11 is 0. The predicted molar refractivity (Wildman–Crippen MR) is 116 cm³/mol. The molecular weight excluding hydrogens is 500 g/mol. The molecule has 212 valence electrons. The van der Waals surface area contributed by atoms with Gasteiger partial charge in [0.05, 0.1) is 20.3 Å². The summed E-state index contributed by atoms with van der Waals surface area (Å²) in [5.74, 6) is -0.105. The molecule has 0 saturated carbocycles. The zero-order valence-corrected chi connectivity index (χ0v) is 20.6. The van der Waals surface area contributed by atoms with Gasteiger partial charge in [0.15, 0.2) is 0 Å². The summed E-state index contributed by atoms with van der Waals surface area (Å²) in [6.45, 7) is 6.96. The second kappa shape index (κ2) is 28.9. The largest absolute Gasteiger partial charge is 0.507 e. The van der Waals surface area contributed by atoms with Gasteiger partial charge in [-0.15, -0.1) is 0 Å². The van der Waals surface area contributed by atoms with Gasteiger partial charge in [0.2, 0.25) is 0 Å². The number of rotatable bonds is 10. The van der Waals surface area contributed by atoms with E-state index in [1.54, 1.807) is 13.8 Å². The Labute approximate surface area is 206 Å². The van der Waals surface area contributed by atoms with Crippen LogP contribution in [0.1, 0.15) is 40.5 Å². The topological polar surface area (TPSA) is 248 Å². The van der Waals surface area contributed by atoms with Crippen LogP contribution in [-0.2, 0) is 38.0 Å². The van der Waals surface area contributed by atoms with Crippen LogP contribution in [-0.4, -0.2) is 103 Å². The van der Waals surface area contributed by atoms with Gasteiger partial charge in [0.25, 0.3) is 0 Å². The first kappa shape index (κ1) is 39.1. The molecule has 0 aliphatic heterocycles. The predicted octanol–water partition coefficient (Wildman–Crippen LogP) is 3.28. The number of hydrogen-bond donors (Lipinski definition) is 4. The van der Waals surface area contributed by atoms with Crippen molar-refractivity contribution in [2.24, 2.45) is 0 Å². The molecule has 0 aliphatic rings. The van der Waals surface area contributed by atoms with Crippen molar-refractivity contribution in [1.29, 1.82) is 0 Å². The molecule has 0 aromatic carbocycles. The van der Waals surface area contributed by atoms with E-state index in [1.807, 2.05) is 6.92 Å². The lowest BCUT2D eigenvalue weighted by molar-refractivity contribution is -0.143. The number of ether oxygens (including phenoxy) is 7. The standard InChI is InChI=1S/C6H12O2.C5H8O6.C4H6O6.C4H8O3/c1-3-5-8-6(7)4-2;1-3(11-5(8)9)2-10-4(6)7;5-3(6)9-1-2-10-4(7)8;1-3-7-4(5)6-2/h3-5H2,1-2H3;3H,2H2,1H3,(H,6,7)(H,8,9);1-2H2,(H,5,6)(H,7,8);3H2,1-2H3. The molecule has 4 N–H and O–H groups in total. The Balaban J connectivity index is -0.000000192. The SMILES string of the molecule is CC(COC(=O)O)OC(=O)O.CCCOC(=O)CC.CCOC(=O)OC.O=C(O)OCCOC(=O)O. The molecule has 0 amide bonds. The van der Waals surface area contributed by atoms with Crippen molar-refractivity contribution < 1.29 is 82.4 Å². The summed E-state index contributed by atoms with van der Waals surface area (Å²) in [7, 11) is 1.28. The molecule has 0 fully saturated rings. The Bertz CT molecular complexity index is 603. The summed E-state index contributed by atoms with van der Waals surface area (Å²) in [4.78, 5) is 59.1. The Hall–Kier alpha value is -4.18. The van der Waals surface area contributed by atoms with Gasteiger partial charge in [-0.2, -0.15) is 0 Å². The second-order valence-corrected chi connectivity index (χ2v) is 5.46. The van der Waals surface area contributed by atoms with Crippen LogP contribution in [0.5, 0.6) is 0 Å². The third-order valence-electron chi connectivity index (χ3n) is 2.46. The molecule has 0 aliphatic carbocycles. The van der Waals surface area contributed by atoms with Crippen LogP contribution in [0.3, 0.4) is 0 Å². The lowest BCUT2D eigenvalue weighted by Crippen LogP contribution is -2.20. The fraction of sp³-hybridized carbons (Fsp3) is 0.684. The molecule has 0 saturated heterocycles. The summed E-state index contributed by atoms with van der Waals surface area (Å²) in [5, 5.41) is 31.7. The van der Waals surface area contributed by atoms with Gasteiger partial charge >= 0.3 is 36.7 Å². The Morgan fingerprint density at radius 1 is 0.667 bits per heavy atom. The summed E-state index contributed by atoms with van der Waals surface area (Å²) < 4.78 is 29.2. The van der Waals surface area contributed by atoms with E-state index >= 15 is 0 Å². The maximum atomic E-state index is 10.3. The highest BCUT2D eigenvalue weighted by molar-refractivity contribution is 5.68. The van der Waals surface area contributed by atoms with Gasteiger partial charge < -0.3 is 53.6 Å². The van der Waals surface area contributed by atoms with Gasteiger partial charge in [-0.05, 0) is 20.3 Å². The minimum absolute atomic E-state index is 0.105. The first-order chi connectivity index (χ1) is 16.8. The maximum absolute atomic E-state index is 10.3. The number of carbonyl (C=O) groups excluding carboxylic acids is 2. The summed E-state index contributed by atoms with van der Waals surface area (Å²) in [5.41, 5.74) is 0. The molecular formula is C19H34O17. The number of carboxylic acid groups (broad SMARTS) is 4. The molecule has 0 heterocycles. The van der Waals surface area contributed by atoms with E-state index in [4.69, 9.17) is 25.2 Å². The highest BCUT2D eigenvalue weighted by Gasteiger charge is 2.09. The van der Waals surface area contributed by atoms with Crippen molar-refractivity contribution in [2.75, 3.05) is 40.1 Å². The van der Waals surface area contributed by atoms with Crippen molar-refractivity contribution in [3.8, 4) is 0 Å². The van der Waals surface area contributed by atoms with E-state index in [0.717, 1.165) is 6.42 Å². The van der Waals surface area contributed by atoms with Crippen LogP contribution < -0.4 is 0 Å². The van der Waals surface area contributed by atoms with E-state index in [9.17, 15) is 28.8 Å². The van der Waals surface area contributed by atoms with Crippen LogP contribution in [0.2, 0.25) is 0 Å². The Morgan fingerprint density at radius 3 is 1.42 bits per heavy atom. The average molecular weight is 534 g/mol. The highest BCUT2D eigenvalue weighted by Crippen LogP contribution is 1.92. The summed E-state index contributed by atoms with van der Waals surface area (Å²) in [6.07, 6.45) is -5.81. The van der Waals surface area contributed by atoms with E-state index in [0.29, 0.717) is 19.6 Å². The normalized spacial score (nSPS) is 9.36. The molecule has 0 radical (unpaired) electrons.